The van der Waals surface area contributed by atoms with Crippen LogP contribution in [0.1, 0.15) is 5.56 Å². The normalized spacial score (nSPS) is 10.5. The number of amides is 1. The Morgan fingerprint density at radius 3 is 2.72 bits per heavy atom. The minimum atomic E-state index is -0.591. The van der Waals surface area contributed by atoms with Crippen LogP contribution in [-0.4, -0.2) is 39.1 Å². The lowest BCUT2D eigenvalue weighted by atomic mass is 10.2. The number of nitrogens with zero attached hydrogens (tertiary/aromatic N) is 3. The number of nitrogens with one attached hydrogen (secondary N) is 1. The third-order valence-corrected chi connectivity index (χ3v) is 4.69. The second-order valence-corrected chi connectivity index (χ2v) is 6.95. The largest absolute Gasteiger partial charge is 0.455 e. The van der Waals surface area contributed by atoms with Gasteiger partial charge in [-0.25, -0.2) is 4.98 Å². The average Bonchev–Trinajstić information content (AvgIpc) is 2.71. The summed E-state index contributed by atoms with van der Waals surface area (Å²) in [6.07, 6.45) is 1.57. The molecule has 3 rings (SSSR count). The van der Waals surface area contributed by atoms with Crippen molar-refractivity contribution in [2.24, 2.45) is 0 Å². The number of hydrogen-bond donors (Lipinski definition) is 1. The first-order chi connectivity index (χ1) is 13.9. The number of aryl methyl sites for hydroxylation is 1. The van der Waals surface area contributed by atoms with E-state index >= 15 is 0 Å². The Bertz CT molecular complexity index is 1090. The molecule has 1 heterocycles. The lowest BCUT2D eigenvalue weighted by Gasteiger charge is -2.07. The summed E-state index contributed by atoms with van der Waals surface area (Å²) in [6.45, 7) is 1.10. The summed E-state index contributed by atoms with van der Waals surface area (Å²) in [5, 5.41) is 14.0. The molecular formula is C19H16N4O5S. The van der Waals surface area contributed by atoms with E-state index in [0.29, 0.717) is 10.6 Å². The minimum absolute atomic E-state index is 0.0314. The van der Waals surface area contributed by atoms with Gasteiger partial charge in [-0.15, -0.1) is 0 Å². The monoisotopic (exact) mass is 412 g/mol. The lowest BCUT2D eigenvalue weighted by molar-refractivity contribution is -0.385. The van der Waals surface area contributed by atoms with Gasteiger partial charge < -0.3 is 10.1 Å². The Morgan fingerprint density at radius 1 is 1.21 bits per heavy atom. The molecule has 0 aliphatic carbocycles. The number of ether oxygens (including phenoxy) is 1. The molecule has 0 saturated carbocycles. The molecule has 29 heavy (non-hydrogen) atoms. The van der Waals surface area contributed by atoms with Crippen molar-refractivity contribution in [1.29, 1.82) is 0 Å². The number of fused-ring (bicyclic) bond motifs is 1. The van der Waals surface area contributed by atoms with Crippen molar-refractivity contribution in [3.8, 4) is 0 Å². The second-order valence-electron chi connectivity index (χ2n) is 5.95. The number of benzene rings is 2. The predicted molar refractivity (Wildman–Crippen MR) is 108 cm³/mol. The van der Waals surface area contributed by atoms with Crippen LogP contribution in [0.5, 0.6) is 0 Å². The standard InChI is InChI=1S/C19H16N4O5S/c1-12-6-7-13(8-16(12)23(26)27)21-17(24)10-28-19(25)11-29-18-9-20-14-4-2-3-5-15(14)22-18/h2-9H,10-11H2,1H3,(H,21,24). The van der Waals surface area contributed by atoms with E-state index in [1.165, 1.54) is 18.2 Å². The first kappa shape index (κ1) is 20.2. The number of rotatable bonds is 7. The SMILES string of the molecule is Cc1ccc(NC(=O)COC(=O)CSc2cnc3ccccc3n2)cc1[N+](=O)[O-]. The molecule has 0 radical (unpaired) electrons. The molecule has 0 saturated heterocycles. The first-order valence-corrected chi connectivity index (χ1v) is 9.46. The number of hydrogen-bond acceptors (Lipinski definition) is 8. The summed E-state index contributed by atoms with van der Waals surface area (Å²) in [5.74, 6) is -1.21. The van der Waals surface area contributed by atoms with Crippen LogP contribution >= 0.6 is 11.8 Å². The van der Waals surface area contributed by atoms with Crippen molar-refractivity contribution in [2.45, 2.75) is 11.9 Å². The molecule has 0 fully saturated rings. The zero-order chi connectivity index (χ0) is 20.8. The Balaban J connectivity index is 1.48. The average molecular weight is 412 g/mol. The molecule has 9 nitrogen and oxygen atoms in total. The van der Waals surface area contributed by atoms with Crippen molar-refractivity contribution in [1.82, 2.24) is 9.97 Å². The highest BCUT2D eigenvalue weighted by Gasteiger charge is 2.14. The van der Waals surface area contributed by atoms with Crippen molar-refractivity contribution in [3.05, 3.63) is 64.3 Å². The molecule has 0 bridgehead atoms. The van der Waals surface area contributed by atoms with E-state index in [9.17, 15) is 19.7 Å². The molecule has 1 aromatic heterocycles. The van der Waals surface area contributed by atoms with Crippen LogP contribution in [0.2, 0.25) is 0 Å². The van der Waals surface area contributed by atoms with E-state index in [-0.39, 0.29) is 17.1 Å². The van der Waals surface area contributed by atoms with Gasteiger partial charge in [0.25, 0.3) is 11.6 Å². The fraction of sp³-hybridized carbons (Fsp3) is 0.158. The van der Waals surface area contributed by atoms with E-state index < -0.39 is 23.4 Å². The van der Waals surface area contributed by atoms with Crippen LogP contribution in [0.4, 0.5) is 11.4 Å². The summed E-state index contributed by atoms with van der Waals surface area (Å²) >= 11 is 1.15. The molecule has 0 unspecified atom stereocenters. The third-order valence-electron chi connectivity index (χ3n) is 3.82. The van der Waals surface area contributed by atoms with Crippen molar-refractivity contribution in [3.63, 3.8) is 0 Å². The van der Waals surface area contributed by atoms with Crippen molar-refractivity contribution in [2.75, 3.05) is 17.7 Å². The van der Waals surface area contributed by atoms with Crippen LogP contribution in [0.3, 0.4) is 0 Å². The summed E-state index contributed by atoms with van der Waals surface area (Å²) in [6, 6.07) is 11.7. The summed E-state index contributed by atoms with van der Waals surface area (Å²) in [7, 11) is 0. The maximum Gasteiger partial charge on any atom is 0.316 e. The number of para-hydroxylation sites is 2. The molecule has 0 spiro atoms. The number of thioether (sulfide) groups is 1. The number of aromatic nitrogens is 2. The molecule has 1 N–H and O–H groups in total. The van der Waals surface area contributed by atoms with Gasteiger partial charge in [0.15, 0.2) is 6.61 Å². The number of esters is 1. The molecule has 10 heteroatoms. The fourth-order valence-corrected chi connectivity index (χ4v) is 3.05. The first-order valence-electron chi connectivity index (χ1n) is 8.47. The van der Waals surface area contributed by atoms with E-state index in [0.717, 1.165) is 22.8 Å². The summed E-state index contributed by atoms with van der Waals surface area (Å²) in [4.78, 5) is 42.8. The molecule has 2 aromatic carbocycles. The van der Waals surface area contributed by atoms with Gasteiger partial charge >= 0.3 is 5.97 Å². The number of carbonyl (C=O) groups is 2. The quantitative estimate of drug-likeness (QED) is 0.272. The van der Waals surface area contributed by atoms with Gasteiger partial charge in [0, 0.05) is 17.3 Å². The number of anilines is 1. The molecule has 0 aliphatic heterocycles. The van der Waals surface area contributed by atoms with E-state index in [4.69, 9.17) is 4.74 Å². The zero-order valence-corrected chi connectivity index (χ0v) is 16.1. The van der Waals surface area contributed by atoms with Gasteiger partial charge in [0.05, 0.1) is 27.9 Å². The Hall–Kier alpha value is -3.53. The Kier molecular flexibility index (Phi) is 6.35. The van der Waals surface area contributed by atoms with Gasteiger partial charge in [-0.2, -0.15) is 0 Å². The molecule has 0 aliphatic rings. The molecule has 0 atom stereocenters. The van der Waals surface area contributed by atoms with Crippen LogP contribution in [-0.2, 0) is 14.3 Å². The van der Waals surface area contributed by atoms with Gasteiger partial charge in [-0.05, 0) is 25.1 Å². The number of carbonyl (C=O) groups excluding carboxylic acids is 2. The highest BCUT2D eigenvalue weighted by molar-refractivity contribution is 7.99. The summed E-state index contributed by atoms with van der Waals surface area (Å²) in [5.41, 5.74) is 2.11. The predicted octanol–water partition coefficient (Wildman–Crippen LogP) is 3.12. The van der Waals surface area contributed by atoms with E-state index in [1.54, 1.807) is 13.1 Å². The topological polar surface area (TPSA) is 124 Å². The van der Waals surface area contributed by atoms with Crippen molar-refractivity contribution < 1.29 is 19.2 Å². The van der Waals surface area contributed by atoms with E-state index in [1.807, 2.05) is 24.3 Å². The van der Waals surface area contributed by atoms with Crippen LogP contribution in [0.15, 0.2) is 53.7 Å². The maximum absolute atomic E-state index is 11.9. The van der Waals surface area contributed by atoms with Crippen LogP contribution < -0.4 is 5.32 Å². The molecule has 3 aromatic rings. The minimum Gasteiger partial charge on any atom is -0.455 e. The molecular weight excluding hydrogens is 396 g/mol. The number of nitro groups is 1. The van der Waals surface area contributed by atoms with E-state index in [2.05, 4.69) is 15.3 Å². The van der Waals surface area contributed by atoms with Gasteiger partial charge in [0.1, 0.15) is 5.03 Å². The Labute approximate surface area is 169 Å². The highest BCUT2D eigenvalue weighted by atomic mass is 32.2. The van der Waals surface area contributed by atoms with Crippen LogP contribution in [0.25, 0.3) is 11.0 Å². The van der Waals surface area contributed by atoms with Crippen molar-refractivity contribution >= 4 is 46.0 Å². The van der Waals surface area contributed by atoms with Gasteiger partial charge in [-0.3, -0.25) is 24.7 Å². The lowest BCUT2D eigenvalue weighted by Crippen LogP contribution is -2.21. The molecule has 148 valence electrons. The summed E-state index contributed by atoms with van der Waals surface area (Å²) < 4.78 is 4.93. The number of nitro benzene ring substituents is 1. The van der Waals surface area contributed by atoms with Gasteiger partial charge in [0.2, 0.25) is 0 Å². The highest BCUT2D eigenvalue weighted by Crippen LogP contribution is 2.22. The smallest absolute Gasteiger partial charge is 0.316 e. The fourth-order valence-electron chi connectivity index (χ4n) is 2.41. The zero-order valence-electron chi connectivity index (χ0n) is 15.3. The molecule has 1 amide bonds. The van der Waals surface area contributed by atoms with Crippen LogP contribution in [0, 0.1) is 17.0 Å². The third kappa shape index (κ3) is 5.48. The Morgan fingerprint density at radius 2 is 1.97 bits per heavy atom. The second kappa shape index (κ2) is 9.11. The maximum atomic E-state index is 11.9. The van der Waals surface area contributed by atoms with Gasteiger partial charge in [-0.1, -0.05) is 30.0 Å².